The first-order valence-corrected chi connectivity index (χ1v) is 7.85. The molecule has 7 heteroatoms. The monoisotopic (exact) mass is 350 g/mol. The number of nitrogens with zero attached hydrogens (tertiary/aromatic N) is 1. The van der Waals surface area contributed by atoms with E-state index < -0.39 is 5.60 Å². The van der Waals surface area contributed by atoms with Crippen molar-refractivity contribution >= 4 is 27.9 Å². The first-order valence-electron chi connectivity index (χ1n) is 6.73. The van der Waals surface area contributed by atoms with Gasteiger partial charge in [0.2, 0.25) is 5.91 Å². The molecule has 0 bridgehead atoms. The van der Waals surface area contributed by atoms with Crippen LogP contribution in [0.15, 0.2) is 0 Å². The highest BCUT2D eigenvalue weighted by molar-refractivity contribution is 9.09. The highest BCUT2D eigenvalue weighted by Gasteiger charge is 2.30. The zero-order chi connectivity index (χ0) is 15.2. The maximum atomic E-state index is 11.9. The van der Waals surface area contributed by atoms with Gasteiger partial charge in [-0.05, 0) is 27.2 Å². The third-order valence-corrected chi connectivity index (χ3v) is 2.98. The maximum Gasteiger partial charge on any atom is 0.410 e. The predicted octanol–water partition coefficient (Wildman–Crippen LogP) is 1.52. The Morgan fingerprint density at radius 1 is 1.40 bits per heavy atom. The Morgan fingerprint density at radius 3 is 2.70 bits per heavy atom. The first kappa shape index (κ1) is 17.2. The molecule has 0 saturated carbocycles. The van der Waals surface area contributed by atoms with Crippen LogP contribution in [0.2, 0.25) is 0 Å². The zero-order valence-corrected chi connectivity index (χ0v) is 13.9. The molecule has 1 heterocycles. The van der Waals surface area contributed by atoms with Gasteiger partial charge in [0.15, 0.2) is 0 Å². The first-order chi connectivity index (χ1) is 9.31. The Kier molecular flexibility index (Phi) is 6.75. The van der Waals surface area contributed by atoms with Gasteiger partial charge < -0.3 is 19.7 Å². The third-order valence-electron chi connectivity index (χ3n) is 2.66. The van der Waals surface area contributed by atoms with Crippen molar-refractivity contribution in [2.75, 3.05) is 31.6 Å². The molecule has 1 aliphatic rings. The Labute approximate surface area is 128 Å². The number of amides is 2. The van der Waals surface area contributed by atoms with Crippen LogP contribution in [0.1, 0.15) is 27.2 Å². The zero-order valence-electron chi connectivity index (χ0n) is 12.3. The lowest BCUT2D eigenvalue weighted by Gasteiger charge is -2.24. The van der Waals surface area contributed by atoms with E-state index in [-0.39, 0.29) is 24.6 Å². The van der Waals surface area contributed by atoms with Gasteiger partial charge in [0.05, 0.1) is 6.61 Å². The van der Waals surface area contributed by atoms with Gasteiger partial charge in [-0.25, -0.2) is 4.79 Å². The van der Waals surface area contributed by atoms with Crippen LogP contribution < -0.4 is 5.32 Å². The highest BCUT2D eigenvalue weighted by atomic mass is 79.9. The maximum absolute atomic E-state index is 11.9. The van der Waals surface area contributed by atoms with Gasteiger partial charge in [-0.3, -0.25) is 4.79 Å². The van der Waals surface area contributed by atoms with Gasteiger partial charge >= 0.3 is 6.09 Å². The summed E-state index contributed by atoms with van der Waals surface area (Å²) in [6, 6.07) is -0.0254. The molecule has 0 aromatic heterocycles. The molecular formula is C13H23BrN2O4. The predicted molar refractivity (Wildman–Crippen MR) is 79.0 cm³/mol. The Bertz CT molecular complexity index is 344. The van der Waals surface area contributed by atoms with Crippen molar-refractivity contribution in [1.82, 2.24) is 10.2 Å². The Hall–Kier alpha value is -0.820. The van der Waals surface area contributed by atoms with E-state index in [0.29, 0.717) is 25.0 Å². The molecule has 6 nitrogen and oxygen atoms in total. The van der Waals surface area contributed by atoms with E-state index in [1.54, 1.807) is 4.90 Å². The molecule has 0 aromatic rings. The van der Waals surface area contributed by atoms with Crippen LogP contribution in [0.3, 0.4) is 0 Å². The van der Waals surface area contributed by atoms with Gasteiger partial charge in [-0.2, -0.15) is 0 Å². The van der Waals surface area contributed by atoms with E-state index in [1.165, 1.54) is 0 Å². The lowest BCUT2D eigenvalue weighted by atomic mass is 10.2. The summed E-state index contributed by atoms with van der Waals surface area (Å²) in [6.07, 6.45) is 0.411. The van der Waals surface area contributed by atoms with Crippen LogP contribution in [-0.4, -0.2) is 60.2 Å². The molecule has 1 aliphatic heterocycles. The number of carbonyl (C=O) groups excluding carboxylic acids is 2. The molecule has 1 fully saturated rings. The summed E-state index contributed by atoms with van der Waals surface area (Å²) in [5.74, 6) is -0.151. The minimum atomic E-state index is -0.498. The number of nitrogens with one attached hydrogen (secondary N) is 1. The molecule has 1 unspecified atom stereocenters. The summed E-state index contributed by atoms with van der Waals surface area (Å²) in [5.41, 5.74) is -0.498. The van der Waals surface area contributed by atoms with E-state index in [9.17, 15) is 9.59 Å². The summed E-state index contributed by atoms with van der Waals surface area (Å²) in [7, 11) is 0. The fourth-order valence-corrected chi connectivity index (χ4v) is 2.09. The summed E-state index contributed by atoms with van der Waals surface area (Å²) >= 11 is 3.22. The van der Waals surface area contributed by atoms with Crippen LogP contribution in [0.5, 0.6) is 0 Å². The number of hydrogen-bond acceptors (Lipinski definition) is 4. The quantitative estimate of drug-likeness (QED) is 0.603. The summed E-state index contributed by atoms with van der Waals surface area (Å²) in [6.45, 7) is 7.14. The van der Waals surface area contributed by atoms with Crippen molar-refractivity contribution in [3.05, 3.63) is 0 Å². The Balaban J connectivity index is 2.29. The number of ether oxygens (including phenoxy) is 2. The average Bonchev–Trinajstić information content (AvgIpc) is 2.75. The second kappa shape index (κ2) is 7.83. The number of hydrogen-bond donors (Lipinski definition) is 1. The molecule has 0 spiro atoms. The molecule has 116 valence electrons. The van der Waals surface area contributed by atoms with Crippen LogP contribution in [0, 0.1) is 0 Å². The van der Waals surface area contributed by atoms with Crippen molar-refractivity contribution < 1.29 is 19.1 Å². The smallest absolute Gasteiger partial charge is 0.410 e. The number of carbonyl (C=O) groups is 2. The minimum absolute atomic E-state index is 0.0254. The average molecular weight is 351 g/mol. The molecule has 20 heavy (non-hydrogen) atoms. The second-order valence-electron chi connectivity index (χ2n) is 5.72. The molecule has 0 radical (unpaired) electrons. The van der Waals surface area contributed by atoms with Crippen LogP contribution in [0.25, 0.3) is 0 Å². The molecule has 1 saturated heterocycles. The van der Waals surface area contributed by atoms with Gasteiger partial charge in [-0.1, -0.05) is 15.9 Å². The normalized spacial score (nSPS) is 19.0. The number of halogens is 1. The lowest BCUT2D eigenvalue weighted by molar-refractivity contribution is -0.126. The largest absolute Gasteiger partial charge is 0.444 e. The fraction of sp³-hybridized carbons (Fsp3) is 0.846. The van der Waals surface area contributed by atoms with Crippen molar-refractivity contribution in [1.29, 1.82) is 0 Å². The van der Waals surface area contributed by atoms with Gasteiger partial charge in [0.25, 0.3) is 0 Å². The lowest BCUT2D eigenvalue weighted by Crippen LogP contribution is -2.41. The van der Waals surface area contributed by atoms with Gasteiger partial charge in [0.1, 0.15) is 12.2 Å². The summed E-state index contributed by atoms with van der Waals surface area (Å²) < 4.78 is 10.4. The molecule has 0 aromatic carbocycles. The number of alkyl halides is 1. The van der Waals surface area contributed by atoms with Gasteiger partial charge in [-0.15, -0.1) is 0 Å². The van der Waals surface area contributed by atoms with Gasteiger partial charge in [0, 0.05) is 24.5 Å². The molecule has 0 aliphatic carbocycles. The van der Waals surface area contributed by atoms with Crippen molar-refractivity contribution in [3.8, 4) is 0 Å². The fourth-order valence-electron chi connectivity index (χ4n) is 1.86. The molecular weight excluding hydrogens is 328 g/mol. The summed E-state index contributed by atoms with van der Waals surface area (Å²) in [5, 5.41) is 3.56. The summed E-state index contributed by atoms with van der Waals surface area (Å²) in [4.78, 5) is 25.1. The van der Waals surface area contributed by atoms with Crippen LogP contribution >= 0.6 is 15.9 Å². The second-order valence-corrected chi connectivity index (χ2v) is 6.51. The molecule has 1 N–H and O–H groups in total. The SMILES string of the molecule is CC(C)(C)OC(=O)N1CCC(NC(=O)COCCBr)C1. The van der Waals surface area contributed by atoms with Crippen LogP contribution in [-0.2, 0) is 14.3 Å². The number of likely N-dealkylation sites (tertiary alicyclic amines) is 1. The Morgan fingerprint density at radius 2 is 2.10 bits per heavy atom. The standard InChI is InChI=1S/C13H23BrN2O4/c1-13(2,3)20-12(18)16-6-4-10(8-16)15-11(17)9-19-7-5-14/h10H,4-9H2,1-3H3,(H,15,17). The van der Waals surface area contributed by atoms with E-state index in [4.69, 9.17) is 9.47 Å². The van der Waals surface area contributed by atoms with Crippen molar-refractivity contribution in [2.45, 2.75) is 38.8 Å². The molecule has 2 amide bonds. The highest BCUT2D eigenvalue weighted by Crippen LogP contribution is 2.15. The van der Waals surface area contributed by atoms with E-state index in [0.717, 1.165) is 6.42 Å². The topological polar surface area (TPSA) is 67.9 Å². The molecule has 1 rings (SSSR count). The van der Waals surface area contributed by atoms with E-state index >= 15 is 0 Å². The van der Waals surface area contributed by atoms with Crippen molar-refractivity contribution in [2.24, 2.45) is 0 Å². The number of rotatable bonds is 5. The van der Waals surface area contributed by atoms with Crippen LogP contribution in [0.4, 0.5) is 4.79 Å². The van der Waals surface area contributed by atoms with E-state index in [2.05, 4.69) is 21.2 Å². The minimum Gasteiger partial charge on any atom is -0.444 e. The third kappa shape index (κ3) is 6.56. The molecule has 1 atom stereocenters. The van der Waals surface area contributed by atoms with Crippen molar-refractivity contribution in [3.63, 3.8) is 0 Å². The van der Waals surface area contributed by atoms with E-state index in [1.807, 2.05) is 20.8 Å².